The van der Waals surface area contributed by atoms with E-state index in [0.29, 0.717) is 6.42 Å². The molecule has 0 radical (unpaired) electrons. The minimum Gasteiger partial charge on any atom is -0.394 e. The predicted molar refractivity (Wildman–Crippen MR) is 263 cm³/mol. The SMILES string of the molecule is CCCCCCCCCCCCCCCCC/C=C/C(O)C(COC1OC(CO)C(O)C(O)C1O)NC(=O)CCCCCCCCCCCCCCCCCCCCCCCCC. The summed E-state index contributed by atoms with van der Waals surface area (Å²) in [7, 11) is 0. The fourth-order valence-electron chi connectivity index (χ4n) is 8.98. The molecule has 7 unspecified atom stereocenters. The molecule has 0 aliphatic carbocycles. The van der Waals surface area contributed by atoms with E-state index in [9.17, 15) is 30.3 Å². The van der Waals surface area contributed by atoms with Gasteiger partial charge in [0.1, 0.15) is 24.4 Å². The lowest BCUT2D eigenvalue weighted by Gasteiger charge is -2.40. The Morgan fingerprint density at radius 2 is 0.873 bits per heavy atom. The lowest BCUT2D eigenvalue weighted by molar-refractivity contribution is -0.302. The smallest absolute Gasteiger partial charge is 0.220 e. The van der Waals surface area contributed by atoms with E-state index in [1.807, 2.05) is 6.08 Å². The second-order valence-electron chi connectivity index (χ2n) is 19.4. The Morgan fingerprint density at radius 3 is 1.24 bits per heavy atom. The summed E-state index contributed by atoms with van der Waals surface area (Å²) in [4.78, 5) is 13.0. The molecule has 1 rings (SSSR count). The normalized spacial score (nSPS) is 20.1. The number of amides is 1. The van der Waals surface area contributed by atoms with E-state index in [4.69, 9.17) is 9.47 Å². The van der Waals surface area contributed by atoms with Gasteiger partial charge in [0.15, 0.2) is 6.29 Å². The lowest BCUT2D eigenvalue weighted by atomic mass is 9.99. The summed E-state index contributed by atoms with van der Waals surface area (Å²) >= 11 is 0. The molecular weight excluding hydrogens is 791 g/mol. The Bertz CT molecular complexity index is 997. The van der Waals surface area contributed by atoms with Crippen LogP contribution in [0, 0.1) is 0 Å². The number of aliphatic hydroxyl groups excluding tert-OH is 5. The average molecular weight is 896 g/mol. The molecule has 0 saturated carbocycles. The van der Waals surface area contributed by atoms with E-state index in [1.165, 1.54) is 212 Å². The van der Waals surface area contributed by atoms with Crippen LogP contribution in [0.3, 0.4) is 0 Å². The van der Waals surface area contributed by atoms with Crippen molar-refractivity contribution in [1.29, 1.82) is 0 Å². The Hall–Kier alpha value is -1.07. The maximum atomic E-state index is 13.0. The van der Waals surface area contributed by atoms with Gasteiger partial charge in [-0.25, -0.2) is 0 Å². The number of hydrogen-bond donors (Lipinski definition) is 6. The third-order valence-electron chi connectivity index (χ3n) is 13.4. The molecule has 9 heteroatoms. The Kier molecular flexibility index (Phi) is 42.6. The van der Waals surface area contributed by atoms with Crippen LogP contribution in [-0.2, 0) is 14.3 Å². The van der Waals surface area contributed by atoms with Gasteiger partial charge in [0.25, 0.3) is 0 Å². The number of rotatable bonds is 47. The Balaban J connectivity index is 2.23. The maximum Gasteiger partial charge on any atom is 0.220 e. The summed E-state index contributed by atoms with van der Waals surface area (Å²) < 4.78 is 11.3. The number of unbranched alkanes of at least 4 members (excludes halogenated alkanes) is 37. The van der Waals surface area contributed by atoms with Gasteiger partial charge in [-0.15, -0.1) is 0 Å². The number of carbonyl (C=O) groups excluding carboxylic acids is 1. The van der Waals surface area contributed by atoms with Crippen molar-refractivity contribution in [3.05, 3.63) is 12.2 Å². The molecule has 1 saturated heterocycles. The van der Waals surface area contributed by atoms with Crippen LogP contribution in [-0.4, -0.2) is 87.5 Å². The van der Waals surface area contributed by atoms with Crippen LogP contribution >= 0.6 is 0 Å². The maximum absolute atomic E-state index is 13.0. The van der Waals surface area contributed by atoms with Gasteiger partial charge >= 0.3 is 0 Å². The summed E-state index contributed by atoms with van der Waals surface area (Å²) in [5.74, 6) is -0.171. The topological polar surface area (TPSA) is 149 Å². The summed E-state index contributed by atoms with van der Waals surface area (Å²) in [6.45, 7) is 3.81. The zero-order chi connectivity index (χ0) is 45.9. The van der Waals surface area contributed by atoms with Gasteiger partial charge in [-0.1, -0.05) is 257 Å². The zero-order valence-corrected chi connectivity index (χ0v) is 41.4. The van der Waals surface area contributed by atoms with Gasteiger partial charge in [0, 0.05) is 6.42 Å². The average Bonchev–Trinajstić information content (AvgIpc) is 3.28. The number of allylic oxidation sites excluding steroid dienone is 1. The van der Waals surface area contributed by atoms with E-state index in [2.05, 4.69) is 19.2 Å². The van der Waals surface area contributed by atoms with Crippen molar-refractivity contribution >= 4 is 5.91 Å². The van der Waals surface area contributed by atoms with Gasteiger partial charge in [-0.05, 0) is 19.3 Å². The van der Waals surface area contributed by atoms with Crippen LogP contribution in [0.15, 0.2) is 12.2 Å². The molecule has 0 bridgehead atoms. The van der Waals surface area contributed by atoms with Gasteiger partial charge in [0.2, 0.25) is 5.91 Å². The van der Waals surface area contributed by atoms with Crippen LogP contribution in [0.25, 0.3) is 0 Å². The van der Waals surface area contributed by atoms with Crippen LogP contribution in [0.5, 0.6) is 0 Å². The summed E-state index contributed by atoms with van der Waals surface area (Å²) in [5, 5.41) is 54.4. The monoisotopic (exact) mass is 896 g/mol. The van der Waals surface area contributed by atoms with Crippen LogP contribution in [0.4, 0.5) is 0 Å². The highest BCUT2D eigenvalue weighted by Crippen LogP contribution is 2.23. The van der Waals surface area contributed by atoms with E-state index < -0.39 is 49.5 Å². The third-order valence-corrected chi connectivity index (χ3v) is 13.4. The van der Waals surface area contributed by atoms with Gasteiger partial charge in [-0.3, -0.25) is 4.79 Å². The van der Waals surface area contributed by atoms with Crippen LogP contribution < -0.4 is 5.32 Å². The molecule has 0 aromatic carbocycles. The Morgan fingerprint density at radius 1 is 0.524 bits per heavy atom. The molecule has 9 nitrogen and oxygen atoms in total. The van der Waals surface area contributed by atoms with Crippen molar-refractivity contribution in [3.63, 3.8) is 0 Å². The molecule has 6 N–H and O–H groups in total. The summed E-state index contributed by atoms with van der Waals surface area (Å²) in [6.07, 6.45) is 47.0. The number of carbonyl (C=O) groups is 1. The standard InChI is InChI=1S/C54H105NO8/c1-3-5-7-9-11-13-15-17-19-21-22-23-24-25-26-28-30-32-34-36-38-40-42-44-50(58)55-47(46-62-54-53(61)52(60)51(59)49(45-56)63-54)48(57)43-41-39-37-35-33-31-29-27-20-18-16-14-12-10-8-6-4-2/h41,43,47-49,51-54,56-57,59-61H,3-40,42,44-46H2,1-2H3,(H,55,58)/b43-41+. The van der Waals surface area contributed by atoms with Crippen molar-refractivity contribution in [2.75, 3.05) is 13.2 Å². The minimum absolute atomic E-state index is 0.171. The van der Waals surface area contributed by atoms with Crippen molar-refractivity contribution in [3.8, 4) is 0 Å². The molecular formula is C54H105NO8. The second kappa shape index (κ2) is 44.7. The zero-order valence-electron chi connectivity index (χ0n) is 41.4. The molecule has 1 amide bonds. The highest BCUT2D eigenvalue weighted by molar-refractivity contribution is 5.76. The molecule has 1 heterocycles. The van der Waals surface area contributed by atoms with Crippen molar-refractivity contribution in [2.45, 2.75) is 314 Å². The number of aliphatic hydroxyl groups is 5. The van der Waals surface area contributed by atoms with Crippen molar-refractivity contribution in [1.82, 2.24) is 5.32 Å². The molecule has 63 heavy (non-hydrogen) atoms. The largest absolute Gasteiger partial charge is 0.394 e. The first-order chi connectivity index (χ1) is 30.8. The number of hydrogen-bond acceptors (Lipinski definition) is 8. The summed E-state index contributed by atoms with van der Waals surface area (Å²) in [5.41, 5.74) is 0. The molecule has 374 valence electrons. The molecule has 1 aliphatic rings. The first kappa shape index (κ1) is 59.9. The van der Waals surface area contributed by atoms with E-state index in [0.717, 1.165) is 38.5 Å². The number of ether oxygens (including phenoxy) is 2. The minimum atomic E-state index is -1.56. The molecule has 7 atom stereocenters. The summed E-state index contributed by atoms with van der Waals surface area (Å²) in [6, 6.07) is -0.799. The third kappa shape index (κ3) is 34.8. The van der Waals surface area contributed by atoms with E-state index in [-0.39, 0.29) is 12.5 Å². The van der Waals surface area contributed by atoms with Gasteiger partial charge in [0.05, 0.1) is 25.4 Å². The quantitative estimate of drug-likeness (QED) is 0.0261. The van der Waals surface area contributed by atoms with E-state index >= 15 is 0 Å². The molecule has 1 aliphatic heterocycles. The van der Waals surface area contributed by atoms with Gasteiger partial charge in [-0.2, -0.15) is 0 Å². The molecule has 0 aromatic rings. The first-order valence-electron chi connectivity index (χ1n) is 27.4. The van der Waals surface area contributed by atoms with Crippen molar-refractivity contribution < 1.29 is 39.8 Å². The van der Waals surface area contributed by atoms with Gasteiger partial charge < -0.3 is 40.3 Å². The lowest BCUT2D eigenvalue weighted by Crippen LogP contribution is -2.60. The second-order valence-corrected chi connectivity index (χ2v) is 19.4. The first-order valence-corrected chi connectivity index (χ1v) is 27.4. The highest BCUT2D eigenvalue weighted by Gasteiger charge is 2.44. The number of nitrogens with one attached hydrogen (secondary N) is 1. The predicted octanol–water partition coefficient (Wildman–Crippen LogP) is 12.8. The Labute approximate surface area is 388 Å². The molecule has 1 fully saturated rings. The fraction of sp³-hybridized carbons (Fsp3) is 0.944. The van der Waals surface area contributed by atoms with Crippen molar-refractivity contribution in [2.24, 2.45) is 0 Å². The van der Waals surface area contributed by atoms with E-state index in [1.54, 1.807) is 6.08 Å². The fourth-order valence-corrected chi connectivity index (χ4v) is 8.98. The molecule has 0 aromatic heterocycles. The van der Waals surface area contributed by atoms with Crippen LogP contribution in [0.2, 0.25) is 0 Å². The highest BCUT2D eigenvalue weighted by atomic mass is 16.7. The van der Waals surface area contributed by atoms with Crippen LogP contribution in [0.1, 0.15) is 271 Å². The molecule has 0 spiro atoms.